The highest BCUT2D eigenvalue weighted by Gasteiger charge is 2.31. The normalized spacial score (nSPS) is 14.6. The first-order valence-electron chi connectivity index (χ1n) is 6.66. The average Bonchev–Trinajstić information content (AvgIpc) is 2.35. The van der Waals surface area contributed by atoms with E-state index < -0.39 is 22.4 Å². The van der Waals surface area contributed by atoms with Gasteiger partial charge in [-0.05, 0) is 39.2 Å². The van der Waals surface area contributed by atoms with Crippen LogP contribution in [0.2, 0.25) is 0 Å². The van der Waals surface area contributed by atoms with Gasteiger partial charge in [0.15, 0.2) is 5.82 Å². The molecule has 0 aliphatic carbocycles. The van der Waals surface area contributed by atoms with Crippen molar-refractivity contribution in [2.45, 2.75) is 39.2 Å². The second kappa shape index (κ2) is 5.31. The Morgan fingerprint density at radius 3 is 2.67 bits per heavy atom. The third kappa shape index (κ3) is 3.29. The molecule has 0 spiro atoms. The summed E-state index contributed by atoms with van der Waals surface area (Å²) in [6, 6.07) is 2.15. The number of amides is 1. The van der Waals surface area contributed by atoms with E-state index in [1.54, 1.807) is 20.8 Å². The first-order chi connectivity index (χ1) is 9.69. The molecule has 114 valence electrons. The maximum atomic E-state index is 14.2. The number of anilines is 1. The van der Waals surface area contributed by atoms with Gasteiger partial charge in [0.25, 0.3) is 5.69 Å². The molecular formula is C14H17FN2O4. The number of hydrogen-bond acceptors (Lipinski definition) is 4. The second-order valence-corrected chi connectivity index (χ2v) is 5.93. The number of rotatable bonds is 1. The van der Waals surface area contributed by atoms with Crippen LogP contribution in [0.1, 0.15) is 32.8 Å². The molecule has 0 fully saturated rings. The number of nitrogens with zero attached hydrogens (tertiary/aromatic N) is 2. The Bertz CT molecular complexity index is 595. The molecule has 1 aromatic carbocycles. The molecule has 0 unspecified atom stereocenters. The van der Waals surface area contributed by atoms with Crippen molar-refractivity contribution >= 4 is 17.5 Å². The lowest BCUT2D eigenvalue weighted by molar-refractivity contribution is -0.385. The number of non-ortho nitro benzene ring substituents is 1. The quantitative estimate of drug-likeness (QED) is 0.588. The van der Waals surface area contributed by atoms with E-state index in [4.69, 9.17) is 4.74 Å². The van der Waals surface area contributed by atoms with Gasteiger partial charge in [-0.1, -0.05) is 0 Å². The molecule has 1 aromatic rings. The van der Waals surface area contributed by atoms with Gasteiger partial charge in [0.1, 0.15) is 5.60 Å². The number of carbonyl (C=O) groups excluding carboxylic acids is 1. The van der Waals surface area contributed by atoms with Gasteiger partial charge in [-0.25, -0.2) is 9.18 Å². The minimum Gasteiger partial charge on any atom is -0.443 e. The smallest absolute Gasteiger partial charge is 0.414 e. The minimum absolute atomic E-state index is 0.0844. The van der Waals surface area contributed by atoms with Crippen molar-refractivity contribution in [2.75, 3.05) is 11.4 Å². The Morgan fingerprint density at radius 1 is 1.43 bits per heavy atom. The van der Waals surface area contributed by atoms with Crippen LogP contribution >= 0.6 is 0 Å². The predicted molar refractivity (Wildman–Crippen MR) is 75.0 cm³/mol. The molecule has 0 saturated carbocycles. The molecule has 0 bridgehead atoms. The molecule has 0 atom stereocenters. The number of aryl methyl sites for hydroxylation is 1. The van der Waals surface area contributed by atoms with Crippen LogP contribution in [-0.2, 0) is 11.2 Å². The maximum Gasteiger partial charge on any atom is 0.414 e. The Hall–Kier alpha value is -2.18. The molecule has 0 saturated heterocycles. The van der Waals surface area contributed by atoms with Crippen molar-refractivity contribution in [2.24, 2.45) is 0 Å². The fourth-order valence-electron chi connectivity index (χ4n) is 2.28. The molecule has 1 amide bonds. The summed E-state index contributed by atoms with van der Waals surface area (Å²) in [6.45, 7) is 5.50. The molecule has 1 aliphatic rings. The van der Waals surface area contributed by atoms with E-state index in [9.17, 15) is 19.3 Å². The van der Waals surface area contributed by atoms with Gasteiger partial charge in [0.05, 0.1) is 16.7 Å². The first-order valence-corrected chi connectivity index (χ1v) is 6.66. The molecule has 1 heterocycles. The summed E-state index contributed by atoms with van der Waals surface area (Å²) >= 11 is 0. The van der Waals surface area contributed by atoms with Crippen molar-refractivity contribution in [1.82, 2.24) is 0 Å². The fourth-order valence-corrected chi connectivity index (χ4v) is 2.28. The second-order valence-electron chi connectivity index (χ2n) is 5.93. The zero-order chi connectivity index (χ0) is 15.8. The van der Waals surface area contributed by atoms with Crippen LogP contribution in [0, 0.1) is 15.9 Å². The van der Waals surface area contributed by atoms with Crippen molar-refractivity contribution < 1.29 is 18.8 Å². The summed E-state index contributed by atoms with van der Waals surface area (Å²) in [4.78, 5) is 23.5. The predicted octanol–water partition coefficient (Wildman–Crippen LogP) is 3.42. The van der Waals surface area contributed by atoms with Gasteiger partial charge in [-0.15, -0.1) is 0 Å². The number of benzene rings is 1. The number of nitro groups is 1. The summed E-state index contributed by atoms with van der Waals surface area (Å²) in [7, 11) is 0. The Morgan fingerprint density at radius 2 is 2.10 bits per heavy atom. The Labute approximate surface area is 121 Å². The van der Waals surface area contributed by atoms with Crippen LogP contribution in [0.3, 0.4) is 0 Å². The fraction of sp³-hybridized carbons (Fsp3) is 0.500. The van der Waals surface area contributed by atoms with Crippen LogP contribution < -0.4 is 4.90 Å². The lowest BCUT2D eigenvalue weighted by Gasteiger charge is -2.31. The molecule has 21 heavy (non-hydrogen) atoms. The van der Waals surface area contributed by atoms with Crippen LogP contribution in [0.4, 0.5) is 20.6 Å². The summed E-state index contributed by atoms with van der Waals surface area (Å²) < 4.78 is 19.4. The first kappa shape index (κ1) is 15.2. The van der Waals surface area contributed by atoms with Crippen molar-refractivity contribution in [3.05, 3.63) is 33.6 Å². The van der Waals surface area contributed by atoms with E-state index in [0.29, 0.717) is 24.9 Å². The van der Waals surface area contributed by atoms with Gasteiger partial charge in [0, 0.05) is 12.6 Å². The van der Waals surface area contributed by atoms with E-state index in [2.05, 4.69) is 0 Å². The summed E-state index contributed by atoms with van der Waals surface area (Å²) in [5.74, 6) is -0.773. The Balaban J connectivity index is 2.40. The summed E-state index contributed by atoms with van der Waals surface area (Å²) in [5.41, 5.74) is -0.455. The third-order valence-electron chi connectivity index (χ3n) is 3.05. The zero-order valence-electron chi connectivity index (χ0n) is 12.2. The van der Waals surface area contributed by atoms with Gasteiger partial charge >= 0.3 is 6.09 Å². The lowest BCUT2D eigenvalue weighted by Crippen LogP contribution is -2.40. The zero-order valence-corrected chi connectivity index (χ0v) is 12.2. The third-order valence-corrected chi connectivity index (χ3v) is 3.05. The number of hydrogen-bond donors (Lipinski definition) is 0. The van der Waals surface area contributed by atoms with Crippen molar-refractivity contribution in [1.29, 1.82) is 0 Å². The monoisotopic (exact) mass is 296 g/mol. The standard InChI is InChI=1S/C14H17FN2O4/c1-14(2,3)21-13(18)16-6-4-5-9-7-10(17(19)20)8-11(15)12(9)16/h7-8H,4-6H2,1-3H3. The Kier molecular flexibility index (Phi) is 3.85. The number of carbonyl (C=O) groups is 1. The summed E-state index contributed by atoms with van der Waals surface area (Å²) in [6.07, 6.45) is 0.455. The van der Waals surface area contributed by atoms with E-state index >= 15 is 0 Å². The maximum absolute atomic E-state index is 14.2. The van der Waals surface area contributed by atoms with Crippen LogP contribution in [0.25, 0.3) is 0 Å². The van der Waals surface area contributed by atoms with Gasteiger partial charge in [0.2, 0.25) is 0 Å². The van der Waals surface area contributed by atoms with E-state index in [1.807, 2.05) is 0 Å². The molecule has 0 aromatic heterocycles. The van der Waals surface area contributed by atoms with Crippen molar-refractivity contribution in [3.8, 4) is 0 Å². The van der Waals surface area contributed by atoms with Gasteiger partial charge in [-0.2, -0.15) is 0 Å². The number of fused-ring (bicyclic) bond motifs is 1. The highest BCUT2D eigenvalue weighted by atomic mass is 19.1. The largest absolute Gasteiger partial charge is 0.443 e. The number of nitro benzene ring substituents is 1. The van der Waals surface area contributed by atoms with E-state index in [1.165, 1.54) is 11.0 Å². The topological polar surface area (TPSA) is 72.7 Å². The molecule has 1 aliphatic heterocycles. The number of ether oxygens (including phenoxy) is 1. The van der Waals surface area contributed by atoms with E-state index in [0.717, 1.165) is 6.07 Å². The van der Waals surface area contributed by atoms with E-state index in [-0.39, 0.29) is 11.4 Å². The van der Waals surface area contributed by atoms with Crippen molar-refractivity contribution in [3.63, 3.8) is 0 Å². The molecule has 2 rings (SSSR count). The molecule has 0 N–H and O–H groups in total. The average molecular weight is 296 g/mol. The molecular weight excluding hydrogens is 279 g/mol. The molecule has 7 heteroatoms. The van der Waals surface area contributed by atoms with Crippen LogP contribution in [0.5, 0.6) is 0 Å². The highest BCUT2D eigenvalue weighted by molar-refractivity contribution is 5.90. The van der Waals surface area contributed by atoms with Gasteiger partial charge < -0.3 is 4.74 Å². The minimum atomic E-state index is -0.773. The highest BCUT2D eigenvalue weighted by Crippen LogP contribution is 2.34. The van der Waals surface area contributed by atoms with Crippen LogP contribution in [0.15, 0.2) is 12.1 Å². The molecule has 0 radical (unpaired) electrons. The summed E-state index contributed by atoms with van der Waals surface area (Å²) in [5, 5.41) is 10.8. The molecule has 6 nitrogen and oxygen atoms in total. The SMILES string of the molecule is CC(C)(C)OC(=O)N1CCCc2cc([N+](=O)[O-])cc(F)c21. The van der Waals surface area contributed by atoms with Gasteiger partial charge in [-0.3, -0.25) is 15.0 Å². The van der Waals surface area contributed by atoms with Crippen LogP contribution in [-0.4, -0.2) is 23.2 Å². The lowest BCUT2D eigenvalue weighted by atomic mass is 10.0. The number of halogens is 1.